The fraction of sp³-hybridized carbons (Fsp3) is 0. The quantitative estimate of drug-likeness (QED) is 0.182. The van der Waals surface area contributed by atoms with Gasteiger partial charge in [0.05, 0.1) is 0 Å². The van der Waals surface area contributed by atoms with Gasteiger partial charge in [0.15, 0.2) is 0 Å². The highest BCUT2D eigenvalue weighted by atomic mass is 16.5. The molecule has 0 fully saturated rings. The average Bonchev–Trinajstić information content (AvgIpc) is 3.35. The molecule has 0 spiro atoms. The molecule has 2 heteroatoms. The highest BCUT2D eigenvalue weighted by Crippen LogP contribution is 2.52. The van der Waals surface area contributed by atoms with Crippen molar-refractivity contribution in [3.05, 3.63) is 200 Å². The maximum Gasteiger partial charge on any atom is 0.137 e. The van der Waals surface area contributed by atoms with Crippen molar-refractivity contribution in [1.82, 2.24) is 0 Å². The zero-order valence-corrected chi connectivity index (χ0v) is 28.4. The number of rotatable bonds is 5. The topological polar surface area (TPSA) is 12.5 Å². The smallest absolute Gasteiger partial charge is 0.137 e. The third kappa shape index (κ3) is 5.12. The van der Waals surface area contributed by atoms with Crippen LogP contribution in [0.25, 0.3) is 66.1 Å². The minimum atomic E-state index is 0.822. The number of nitrogens with zero attached hydrogens (tertiary/aromatic N) is 1. The van der Waals surface area contributed by atoms with Crippen LogP contribution in [0.3, 0.4) is 0 Å². The molecular formula is C50H33NO. The third-order valence-electron chi connectivity index (χ3n) is 10.3. The fourth-order valence-corrected chi connectivity index (χ4v) is 7.79. The van der Waals surface area contributed by atoms with Crippen molar-refractivity contribution in [2.45, 2.75) is 0 Å². The van der Waals surface area contributed by atoms with Crippen LogP contribution < -0.4 is 9.64 Å². The van der Waals surface area contributed by atoms with Crippen molar-refractivity contribution in [1.29, 1.82) is 0 Å². The first-order chi connectivity index (χ1) is 25.8. The molecule has 0 aromatic heterocycles. The van der Waals surface area contributed by atoms with Crippen LogP contribution in [0.15, 0.2) is 200 Å². The molecule has 0 unspecified atom stereocenters. The van der Waals surface area contributed by atoms with Crippen LogP contribution in [0.5, 0.6) is 11.5 Å². The second kappa shape index (κ2) is 12.5. The Hall–Kier alpha value is -6.90. The molecule has 0 N–H and O–H groups in total. The molecule has 0 atom stereocenters. The lowest BCUT2D eigenvalue weighted by Crippen LogP contribution is -2.10. The molecule has 9 aromatic carbocycles. The second-order valence-electron chi connectivity index (χ2n) is 13.3. The first kappa shape index (κ1) is 30.0. The summed E-state index contributed by atoms with van der Waals surface area (Å²) >= 11 is 0. The molecule has 2 nitrogen and oxygen atoms in total. The van der Waals surface area contributed by atoms with E-state index in [1.54, 1.807) is 0 Å². The zero-order valence-electron chi connectivity index (χ0n) is 28.4. The molecule has 0 saturated carbocycles. The Bertz CT molecular complexity index is 2760. The Labute approximate surface area is 303 Å². The van der Waals surface area contributed by atoms with E-state index in [0.29, 0.717) is 0 Å². The van der Waals surface area contributed by atoms with Crippen LogP contribution in [0.4, 0.5) is 17.1 Å². The Kier molecular flexibility index (Phi) is 7.18. The summed E-state index contributed by atoms with van der Waals surface area (Å²) in [6, 6.07) is 71.6. The summed E-state index contributed by atoms with van der Waals surface area (Å²) in [4.78, 5) is 2.33. The van der Waals surface area contributed by atoms with E-state index in [9.17, 15) is 0 Å². The number of benzene rings is 9. The van der Waals surface area contributed by atoms with Crippen molar-refractivity contribution in [3.63, 3.8) is 0 Å². The molecule has 0 amide bonds. The molecule has 52 heavy (non-hydrogen) atoms. The van der Waals surface area contributed by atoms with Gasteiger partial charge in [0.25, 0.3) is 0 Å². The normalized spacial score (nSPS) is 11.6. The van der Waals surface area contributed by atoms with Gasteiger partial charge < -0.3 is 9.64 Å². The number of anilines is 3. The minimum Gasteiger partial charge on any atom is -0.456 e. The Morgan fingerprint density at radius 2 is 0.885 bits per heavy atom. The Morgan fingerprint density at radius 1 is 0.308 bits per heavy atom. The summed E-state index contributed by atoms with van der Waals surface area (Å²) in [6.07, 6.45) is 0. The van der Waals surface area contributed by atoms with Crippen LogP contribution in [0.2, 0.25) is 0 Å². The molecule has 0 aliphatic carbocycles. The SMILES string of the molecule is c1ccc(-c2ccc(N(c3ccc4c(c3)Oc3ccccc3-c3cccc(-c5cccc6ccccc56)c3-4)c3ccc4ccccc4c3)cc2)cc1. The molecule has 1 aliphatic rings. The number of fused-ring (bicyclic) bond motifs is 7. The van der Waals surface area contributed by atoms with Gasteiger partial charge in [0, 0.05) is 39.8 Å². The largest absolute Gasteiger partial charge is 0.456 e. The number of ether oxygens (including phenoxy) is 1. The van der Waals surface area contributed by atoms with Crippen LogP contribution in [-0.2, 0) is 0 Å². The van der Waals surface area contributed by atoms with Gasteiger partial charge in [-0.25, -0.2) is 0 Å². The van der Waals surface area contributed by atoms with Crippen molar-refractivity contribution in [2.24, 2.45) is 0 Å². The molecule has 1 aliphatic heterocycles. The van der Waals surface area contributed by atoms with E-state index in [0.717, 1.165) is 45.3 Å². The molecule has 1 heterocycles. The first-order valence-electron chi connectivity index (χ1n) is 17.8. The summed E-state index contributed by atoms with van der Waals surface area (Å²) < 4.78 is 6.95. The van der Waals surface area contributed by atoms with Crippen molar-refractivity contribution in [3.8, 4) is 56.0 Å². The lowest BCUT2D eigenvalue weighted by Gasteiger charge is -2.27. The van der Waals surface area contributed by atoms with Gasteiger partial charge in [-0.15, -0.1) is 0 Å². The monoisotopic (exact) mass is 663 g/mol. The van der Waals surface area contributed by atoms with Gasteiger partial charge in [-0.05, 0) is 91.8 Å². The van der Waals surface area contributed by atoms with Gasteiger partial charge in [0.1, 0.15) is 11.5 Å². The summed E-state index contributed by atoms with van der Waals surface area (Å²) in [5, 5.41) is 4.86. The maximum atomic E-state index is 6.95. The van der Waals surface area contributed by atoms with E-state index in [-0.39, 0.29) is 0 Å². The summed E-state index contributed by atoms with van der Waals surface area (Å²) in [7, 11) is 0. The van der Waals surface area contributed by atoms with Gasteiger partial charge in [-0.1, -0.05) is 152 Å². The van der Waals surface area contributed by atoms with Gasteiger partial charge >= 0.3 is 0 Å². The average molecular weight is 664 g/mol. The van der Waals surface area contributed by atoms with E-state index in [4.69, 9.17) is 4.74 Å². The molecule has 9 aromatic rings. The van der Waals surface area contributed by atoms with Crippen LogP contribution in [0, 0.1) is 0 Å². The molecule has 244 valence electrons. The van der Waals surface area contributed by atoms with Gasteiger partial charge in [-0.2, -0.15) is 0 Å². The van der Waals surface area contributed by atoms with Crippen LogP contribution in [0.1, 0.15) is 0 Å². The molecular weight excluding hydrogens is 631 g/mol. The maximum absolute atomic E-state index is 6.95. The minimum absolute atomic E-state index is 0.822. The number of para-hydroxylation sites is 1. The Balaban J connectivity index is 1.18. The fourth-order valence-electron chi connectivity index (χ4n) is 7.79. The predicted octanol–water partition coefficient (Wildman–Crippen LogP) is 14.2. The lowest BCUT2D eigenvalue weighted by atomic mass is 9.86. The van der Waals surface area contributed by atoms with Crippen LogP contribution in [-0.4, -0.2) is 0 Å². The lowest BCUT2D eigenvalue weighted by molar-refractivity contribution is 0.488. The van der Waals surface area contributed by atoms with E-state index >= 15 is 0 Å². The molecule has 10 rings (SSSR count). The number of hydrogen-bond acceptors (Lipinski definition) is 2. The van der Waals surface area contributed by atoms with E-state index in [2.05, 4.69) is 205 Å². The highest BCUT2D eigenvalue weighted by Gasteiger charge is 2.26. The van der Waals surface area contributed by atoms with Gasteiger partial charge in [0.2, 0.25) is 0 Å². The summed E-state index contributed by atoms with van der Waals surface area (Å²) in [5.74, 6) is 1.67. The standard InChI is InChI=1S/C50H33NO/c1-2-12-34(13-3-1)36-24-27-39(28-25-36)51(40-29-26-35-14-4-5-16-38(35)32-40)41-30-31-47-49(33-41)52-48-23-9-8-19-44(48)46-22-11-21-45(50(46)47)43-20-10-17-37-15-6-7-18-42(37)43/h1-33H. The first-order valence-corrected chi connectivity index (χ1v) is 17.8. The van der Waals surface area contributed by atoms with Crippen molar-refractivity contribution < 1.29 is 4.74 Å². The van der Waals surface area contributed by atoms with E-state index in [1.807, 2.05) is 0 Å². The summed E-state index contributed by atoms with van der Waals surface area (Å²) in [6.45, 7) is 0. The highest BCUT2D eigenvalue weighted by molar-refractivity contribution is 6.06. The third-order valence-corrected chi connectivity index (χ3v) is 10.3. The molecule has 0 bridgehead atoms. The summed E-state index contributed by atoms with van der Waals surface area (Å²) in [5.41, 5.74) is 12.4. The molecule has 0 saturated heterocycles. The van der Waals surface area contributed by atoms with Crippen molar-refractivity contribution in [2.75, 3.05) is 4.90 Å². The van der Waals surface area contributed by atoms with Gasteiger partial charge in [-0.3, -0.25) is 0 Å². The predicted molar refractivity (Wildman–Crippen MR) is 218 cm³/mol. The van der Waals surface area contributed by atoms with E-state index in [1.165, 1.54) is 49.4 Å². The van der Waals surface area contributed by atoms with E-state index < -0.39 is 0 Å². The second-order valence-corrected chi connectivity index (χ2v) is 13.3. The molecule has 0 radical (unpaired) electrons. The zero-order chi connectivity index (χ0) is 34.4. The Morgan fingerprint density at radius 3 is 1.75 bits per heavy atom. The number of hydrogen-bond donors (Lipinski definition) is 0. The van der Waals surface area contributed by atoms with Crippen molar-refractivity contribution >= 4 is 38.6 Å². The van der Waals surface area contributed by atoms with Crippen LogP contribution >= 0.6 is 0 Å².